The molecule has 0 radical (unpaired) electrons. The molecule has 0 saturated heterocycles. The maximum absolute atomic E-state index is 13.5. The Morgan fingerprint density at radius 1 is 1.00 bits per heavy atom. The zero-order valence-corrected chi connectivity index (χ0v) is 16.3. The topological polar surface area (TPSA) is 65.0 Å². The van der Waals surface area contributed by atoms with Crippen molar-refractivity contribution in [1.29, 1.82) is 0 Å². The van der Waals surface area contributed by atoms with Crippen molar-refractivity contribution < 1.29 is 28.5 Å². The Balaban J connectivity index is 1.98. The van der Waals surface area contributed by atoms with Gasteiger partial charge in [0.2, 0.25) is 5.75 Å². The van der Waals surface area contributed by atoms with Gasteiger partial charge in [-0.2, -0.15) is 0 Å². The summed E-state index contributed by atoms with van der Waals surface area (Å²) in [4.78, 5) is 13.4. The van der Waals surface area contributed by atoms with Gasteiger partial charge in [0, 0.05) is 11.5 Å². The summed E-state index contributed by atoms with van der Waals surface area (Å²) in [6.07, 6.45) is 3.48. The third-order valence-corrected chi connectivity index (χ3v) is 5.45. The summed E-state index contributed by atoms with van der Waals surface area (Å²) in [5.41, 5.74) is 1.27. The molecule has 3 rings (SSSR count). The highest BCUT2D eigenvalue weighted by Gasteiger charge is 2.33. The van der Waals surface area contributed by atoms with Crippen LogP contribution < -0.4 is 14.2 Å². The van der Waals surface area contributed by atoms with E-state index in [1.54, 1.807) is 18.2 Å². The van der Waals surface area contributed by atoms with E-state index in [0.29, 0.717) is 22.8 Å². The summed E-state index contributed by atoms with van der Waals surface area (Å²) in [5.74, 6) is -0.116. The number of ether oxygens (including phenoxy) is 3. The lowest BCUT2D eigenvalue weighted by Crippen LogP contribution is -2.26. The number of phenolic OH excluding ortho intramolecular Hbond substituents is 1. The van der Waals surface area contributed by atoms with E-state index in [0.717, 1.165) is 31.2 Å². The van der Waals surface area contributed by atoms with Crippen LogP contribution >= 0.6 is 0 Å². The SMILES string of the molecule is COc1cc(C(=O)C2CCCCC2c2ccc(F)c(O)c2)cc(OC)c1OC. The van der Waals surface area contributed by atoms with Crippen LogP contribution in [0.15, 0.2) is 30.3 Å². The lowest BCUT2D eigenvalue weighted by atomic mass is 9.72. The van der Waals surface area contributed by atoms with Gasteiger partial charge in [-0.25, -0.2) is 4.39 Å². The van der Waals surface area contributed by atoms with Crippen molar-refractivity contribution in [1.82, 2.24) is 0 Å². The molecule has 1 fully saturated rings. The second kappa shape index (κ2) is 8.50. The molecule has 2 unspecified atom stereocenters. The molecule has 150 valence electrons. The van der Waals surface area contributed by atoms with E-state index in [9.17, 15) is 14.3 Å². The Bertz CT molecular complexity index is 839. The summed E-state index contributed by atoms with van der Waals surface area (Å²) in [7, 11) is 4.53. The average Bonchev–Trinajstić information content (AvgIpc) is 2.74. The van der Waals surface area contributed by atoms with Gasteiger partial charge in [0.15, 0.2) is 28.8 Å². The summed E-state index contributed by atoms with van der Waals surface area (Å²) in [6, 6.07) is 7.66. The van der Waals surface area contributed by atoms with Crippen LogP contribution in [0.5, 0.6) is 23.0 Å². The van der Waals surface area contributed by atoms with Crippen molar-refractivity contribution >= 4 is 5.78 Å². The molecule has 0 heterocycles. The molecule has 0 amide bonds. The van der Waals surface area contributed by atoms with Gasteiger partial charge in [-0.1, -0.05) is 18.9 Å². The standard InChI is InChI=1S/C22H25FO5/c1-26-19-11-14(12-20(27-2)22(19)28-3)21(25)16-7-5-4-6-15(16)13-8-9-17(23)18(24)10-13/h8-12,15-16,24H,4-7H2,1-3H3. The second-order valence-electron chi connectivity index (χ2n) is 6.99. The van der Waals surface area contributed by atoms with Gasteiger partial charge >= 0.3 is 0 Å². The molecular weight excluding hydrogens is 363 g/mol. The Morgan fingerprint density at radius 2 is 1.64 bits per heavy atom. The molecule has 2 aromatic carbocycles. The van der Waals surface area contributed by atoms with Crippen LogP contribution in [0.4, 0.5) is 4.39 Å². The Morgan fingerprint density at radius 3 is 2.21 bits per heavy atom. The fraction of sp³-hybridized carbons (Fsp3) is 0.409. The van der Waals surface area contributed by atoms with Crippen molar-refractivity contribution in [2.24, 2.45) is 5.92 Å². The molecule has 5 nitrogen and oxygen atoms in total. The summed E-state index contributed by atoms with van der Waals surface area (Å²) >= 11 is 0. The first-order chi connectivity index (χ1) is 13.5. The van der Waals surface area contributed by atoms with Crippen molar-refractivity contribution in [2.45, 2.75) is 31.6 Å². The minimum atomic E-state index is -0.660. The minimum absolute atomic E-state index is 0.0206. The van der Waals surface area contributed by atoms with Gasteiger partial charge < -0.3 is 19.3 Å². The molecule has 2 aromatic rings. The van der Waals surface area contributed by atoms with Crippen molar-refractivity contribution in [3.8, 4) is 23.0 Å². The van der Waals surface area contributed by atoms with Gasteiger partial charge in [0.1, 0.15) is 0 Å². The number of phenols is 1. The maximum atomic E-state index is 13.5. The molecule has 0 bridgehead atoms. The van der Waals surface area contributed by atoms with Crippen LogP contribution in [-0.2, 0) is 0 Å². The van der Waals surface area contributed by atoms with Crippen LogP contribution in [0.25, 0.3) is 0 Å². The number of methoxy groups -OCH3 is 3. The Hall–Kier alpha value is -2.76. The maximum Gasteiger partial charge on any atom is 0.203 e. The van der Waals surface area contributed by atoms with E-state index >= 15 is 0 Å². The number of carbonyl (C=O) groups excluding carboxylic acids is 1. The number of halogens is 1. The normalized spacial score (nSPS) is 19.1. The fourth-order valence-corrected chi connectivity index (χ4v) is 4.04. The van der Waals surface area contributed by atoms with E-state index in [4.69, 9.17) is 14.2 Å². The van der Waals surface area contributed by atoms with Crippen LogP contribution in [0, 0.1) is 11.7 Å². The van der Waals surface area contributed by atoms with Crippen LogP contribution in [0.1, 0.15) is 47.5 Å². The van der Waals surface area contributed by atoms with Gasteiger partial charge in [-0.05, 0) is 48.6 Å². The number of hydrogen-bond acceptors (Lipinski definition) is 5. The third kappa shape index (κ3) is 3.77. The zero-order chi connectivity index (χ0) is 20.3. The largest absolute Gasteiger partial charge is 0.505 e. The molecule has 0 spiro atoms. The molecule has 2 atom stereocenters. The molecule has 1 N–H and O–H groups in total. The quantitative estimate of drug-likeness (QED) is 0.726. The first kappa shape index (κ1) is 20.0. The lowest BCUT2D eigenvalue weighted by molar-refractivity contribution is 0.0867. The minimum Gasteiger partial charge on any atom is -0.505 e. The van der Waals surface area contributed by atoms with Gasteiger partial charge in [0.25, 0.3) is 0 Å². The molecule has 28 heavy (non-hydrogen) atoms. The van der Waals surface area contributed by atoms with E-state index in [1.165, 1.54) is 33.5 Å². The molecule has 1 aliphatic rings. The van der Waals surface area contributed by atoms with Gasteiger partial charge in [-0.3, -0.25) is 4.79 Å². The number of Topliss-reactive ketones (excluding diaryl/α,β-unsaturated/α-hetero) is 1. The monoisotopic (exact) mass is 388 g/mol. The van der Waals surface area contributed by atoms with Gasteiger partial charge in [0.05, 0.1) is 21.3 Å². The smallest absolute Gasteiger partial charge is 0.203 e. The first-order valence-corrected chi connectivity index (χ1v) is 9.32. The summed E-state index contributed by atoms with van der Waals surface area (Å²) in [5, 5.41) is 9.76. The second-order valence-corrected chi connectivity index (χ2v) is 6.99. The first-order valence-electron chi connectivity index (χ1n) is 9.32. The summed E-state index contributed by atoms with van der Waals surface area (Å²) < 4.78 is 29.5. The molecule has 6 heteroatoms. The lowest BCUT2D eigenvalue weighted by Gasteiger charge is -2.31. The molecule has 1 aliphatic carbocycles. The number of hydrogen-bond donors (Lipinski definition) is 1. The van der Waals surface area contributed by atoms with Crippen LogP contribution in [0.3, 0.4) is 0 Å². The number of carbonyl (C=O) groups is 1. The van der Waals surface area contributed by atoms with E-state index < -0.39 is 5.82 Å². The highest BCUT2D eigenvalue weighted by atomic mass is 19.1. The van der Waals surface area contributed by atoms with E-state index in [-0.39, 0.29) is 23.4 Å². The summed E-state index contributed by atoms with van der Waals surface area (Å²) in [6.45, 7) is 0. The highest BCUT2D eigenvalue weighted by molar-refractivity contribution is 5.99. The Labute approximate surface area is 164 Å². The van der Waals surface area contributed by atoms with Crippen LogP contribution in [-0.4, -0.2) is 32.2 Å². The predicted molar refractivity (Wildman–Crippen MR) is 103 cm³/mol. The Kier molecular flexibility index (Phi) is 6.07. The molecule has 1 saturated carbocycles. The number of ketones is 1. The number of rotatable bonds is 6. The highest BCUT2D eigenvalue weighted by Crippen LogP contribution is 2.43. The average molecular weight is 388 g/mol. The van der Waals surface area contributed by atoms with E-state index in [2.05, 4.69) is 0 Å². The molecular formula is C22H25FO5. The number of aromatic hydroxyl groups is 1. The molecule has 0 aliphatic heterocycles. The molecule has 0 aromatic heterocycles. The van der Waals surface area contributed by atoms with Crippen LogP contribution in [0.2, 0.25) is 0 Å². The fourth-order valence-electron chi connectivity index (χ4n) is 4.04. The van der Waals surface area contributed by atoms with Gasteiger partial charge in [-0.15, -0.1) is 0 Å². The van der Waals surface area contributed by atoms with E-state index in [1.807, 2.05) is 0 Å². The van der Waals surface area contributed by atoms with Crippen molar-refractivity contribution in [3.05, 3.63) is 47.3 Å². The third-order valence-electron chi connectivity index (χ3n) is 5.45. The van der Waals surface area contributed by atoms with Crippen molar-refractivity contribution in [2.75, 3.05) is 21.3 Å². The zero-order valence-electron chi connectivity index (χ0n) is 16.3. The number of benzene rings is 2. The van der Waals surface area contributed by atoms with Crippen molar-refractivity contribution in [3.63, 3.8) is 0 Å². The predicted octanol–water partition coefficient (Wildman–Crippen LogP) is 4.71.